The Kier molecular flexibility index (Phi) is 5.73. The molecule has 1 amide bonds. The molecule has 1 aromatic carbocycles. The Hall–Kier alpha value is -1.86. The maximum absolute atomic E-state index is 12.9. The molecule has 146 valence electrons. The van der Waals surface area contributed by atoms with Gasteiger partial charge in [0.25, 0.3) is 5.91 Å². The summed E-state index contributed by atoms with van der Waals surface area (Å²) in [6, 6.07) is 9.37. The number of halogens is 2. The number of aromatic nitrogens is 2. The first kappa shape index (κ1) is 19.5. The van der Waals surface area contributed by atoms with Crippen molar-refractivity contribution in [2.45, 2.75) is 31.8 Å². The summed E-state index contributed by atoms with van der Waals surface area (Å²) in [6.07, 6.45) is 4.21. The fourth-order valence-electron chi connectivity index (χ4n) is 3.47. The number of hydrogen-bond acceptors (Lipinski definition) is 4. The quantitative estimate of drug-likeness (QED) is 0.632. The van der Waals surface area contributed by atoms with Crippen molar-refractivity contribution in [3.63, 3.8) is 0 Å². The topological polar surface area (TPSA) is 72.9 Å². The van der Waals surface area contributed by atoms with Crippen LogP contribution in [0.4, 0.5) is 0 Å². The van der Waals surface area contributed by atoms with Crippen molar-refractivity contribution < 1.29 is 4.79 Å². The molecular weight excluding hydrogens is 415 g/mol. The SMILES string of the molecule is NC[C@H](Cc1ccc(Cl)cc1)NC(=O)c1cc2c(s1)CCCn1ncc(Cl)c1-2. The summed E-state index contributed by atoms with van der Waals surface area (Å²) < 4.78 is 1.92. The molecule has 1 atom stereocenters. The molecule has 0 saturated heterocycles. The van der Waals surface area contributed by atoms with Gasteiger partial charge in [-0.1, -0.05) is 35.3 Å². The van der Waals surface area contributed by atoms with Gasteiger partial charge in [0.2, 0.25) is 0 Å². The van der Waals surface area contributed by atoms with Crippen LogP contribution in [0.5, 0.6) is 0 Å². The average molecular weight is 435 g/mol. The highest BCUT2D eigenvalue weighted by atomic mass is 35.5. The standard InChI is InChI=1S/C20H20Cl2N4OS/c21-13-5-3-12(4-6-13)8-14(10-23)25-20(27)18-9-15-17(28-18)2-1-7-26-19(15)16(22)11-24-26/h3-6,9,11,14H,1-2,7-8,10,23H2,(H,25,27)/t14-/m0/s1. The summed E-state index contributed by atoms with van der Waals surface area (Å²) >= 11 is 13.8. The van der Waals surface area contributed by atoms with Crippen LogP contribution in [0.15, 0.2) is 36.5 Å². The number of hydrogen-bond donors (Lipinski definition) is 2. The molecule has 3 heterocycles. The van der Waals surface area contributed by atoms with Gasteiger partial charge in [0.05, 0.1) is 21.8 Å². The van der Waals surface area contributed by atoms with Gasteiger partial charge in [0.1, 0.15) is 0 Å². The van der Waals surface area contributed by atoms with E-state index in [2.05, 4.69) is 10.4 Å². The average Bonchev–Trinajstić information content (AvgIpc) is 3.22. The van der Waals surface area contributed by atoms with Crippen LogP contribution in [-0.2, 0) is 19.4 Å². The first-order valence-electron chi connectivity index (χ1n) is 9.15. The Labute approximate surface area is 177 Å². The Balaban J connectivity index is 1.53. The predicted octanol–water partition coefficient (Wildman–Crippen LogP) is 4.16. The predicted molar refractivity (Wildman–Crippen MR) is 114 cm³/mol. The molecule has 5 nitrogen and oxygen atoms in total. The third-order valence-corrected chi connectivity index (χ3v) is 6.59. The monoisotopic (exact) mass is 434 g/mol. The van der Waals surface area contributed by atoms with E-state index >= 15 is 0 Å². The van der Waals surface area contributed by atoms with Crippen LogP contribution >= 0.6 is 34.5 Å². The molecular formula is C20H20Cl2N4OS. The highest BCUT2D eigenvalue weighted by Crippen LogP contribution is 2.38. The van der Waals surface area contributed by atoms with Crippen molar-refractivity contribution in [3.05, 3.63) is 61.9 Å². The molecule has 0 saturated carbocycles. The summed E-state index contributed by atoms with van der Waals surface area (Å²) in [5.41, 5.74) is 8.89. The van der Waals surface area contributed by atoms with Gasteiger partial charge < -0.3 is 11.1 Å². The first-order chi connectivity index (χ1) is 13.5. The van der Waals surface area contributed by atoms with Crippen LogP contribution in [0.25, 0.3) is 11.3 Å². The Morgan fingerprint density at radius 3 is 2.86 bits per heavy atom. The zero-order chi connectivity index (χ0) is 19.7. The fraction of sp³-hybridized carbons (Fsp3) is 0.300. The number of benzene rings is 1. The number of rotatable bonds is 5. The fourth-order valence-corrected chi connectivity index (χ4v) is 4.95. The van der Waals surface area contributed by atoms with E-state index in [0.29, 0.717) is 27.9 Å². The third-order valence-electron chi connectivity index (χ3n) is 4.87. The molecule has 28 heavy (non-hydrogen) atoms. The normalized spacial score (nSPS) is 14.1. The minimum absolute atomic E-state index is 0.107. The van der Waals surface area contributed by atoms with E-state index in [0.717, 1.165) is 36.2 Å². The van der Waals surface area contributed by atoms with Gasteiger partial charge in [-0.3, -0.25) is 9.48 Å². The van der Waals surface area contributed by atoms with Crippen LogP contribution in [0, 0.1) is 0 Å². The van der Waals surface area contributed by atoms with Gasteiger partial charge >= 0.3 is 0 Å². The minimum Gasteiger partial charge on any atom is -0.347 e. The second kappa shape index (κ2) is 8.25. The molecule has 0 spiro atoms. The lowest BCUT2D eigenvalue weighted by Gasteiger charge is -2.16. The van der Waals surface area contributed by atoms with Crippen molar-refractivity contribution in [1.29, 1.82) is 0 Å². The number of carbonyl (C=O) groups is 1. The molecule has 0 unspecified atom stereocenters. The summed E-state index contributed by atoms with van der Waals surface area (Å²) in [5, 5.41) is 8.72. The zero-order valence-electron chi connectivity index (χ0n) is 15.1. The largest absolute Gasteiger partial charge is 0.347 e. The highest BCUT2D eigenvalue weighted by molar-refractivity contribution is 7.14. The molecule has 0 bridgehead atoms. The number of carbonyl (C=O) groups excluding carboxylic acids is 1. The van der Waals surface area contributed by atoms with Gasteiger partial charge in [-0.25, -0.2) is 0 Å². The molecule has 1 aliphatic heterocycles. The smallest absolute Gasteiger partial charge is 0.261 e. The van der Waals surface area contributed by atoms with Crippen molar-refractivity contribution in [1.82, 2.24) is 15.1 Å². The van der Waals surface area contributed by atoms with Gasteiger partial charge in [-0.15, -0.1) is 11.3 Å². The van der Waals surface area contributed by atoms with Crippen LogP contribution in [0.2, 0.25) is 10.0 Å². The molecule has 3 aromatic rings. The van der Waals surface area contributed by atoms with E-state index in [1.165, 1.54) is 16.2 Å². The number of nitrogens with zero attached hydrogens (tertiary/aromatic N) is 2. The maximum atomic E-state index is 12.9. The summed E-state index contributed by atoms with van der Waals surface area (Å²) in [6.45, 7) is 1.19. The number of aryl methyl sites for hydroxylation is 2. The zero-order valence-corrected chi connectivity index (χ0v) is 17.4. The molecule has 3 N–H and O–H groups in total. The van der Waals surface area contributed by atoms with Crippen LogP contribution < -0.4 is 11.1 Å². The Morgan fingerprint density at radius 1 is 1.32 bits per heavy atom. The first-order valence-corrected chi connectivity index (χ1v) is 10.7. The Bertz CT molecular complexity index is 996. The maximum Gasteiger partial charge on any atom is 0.261 e. The molecule has 8 heteroatoms. The molecule has 0 radical (unpaired) electrons. The van der Waals surface area contributed by atoms with Crippen LogP contribution in [-0.4, -0.2) is 28.3 Å². The van der Waals surface area contributed by atoms with Crippen molar-refractivity contribution in [2.75, 3.05) is 6.54 Å². The summed E-state index contributed by atoms with van der Waals surface area (Å²) in [7, 11) is 0. The number of nitrogens with two attached hydrogens (primary N) is 1. The number of amides is 1. The van der Waals surface area contributed by atoms with E-state index in [1.807, 2.05) is 35.0 Å². The van der Waals surface area contributed by atoms with Gasteiger partial charge in [0.15, 0.2) is 0 Å². The summed E-state index contributed by atoms with van der Waals surface area (Å²) in [5.74, 6) is -0.107. The molecule has 0 fully saturated rings. The van der Waals surface area contributed by atoms with Gasteiger partial charge in [0, 0.05) is 34.6 Å². The van der Waals surface area contributed by atoms with Crippen molar-refractivity contribution >= 4 is 40.4 Å². The molecule has 4 rings (SSSR count). The van der Waals surface area contributed by atoms with Crippen molar-refractivity contribution in [2.24, 2.45) is 5.73 Å². The van der Waals surface area contributed by atoms with E-state index < -0.39 is 0 Å². The highest BCUT2D eigenvalue weighted by Gasteiger charge is 2.24. The molecule has 1 aliphatic rings. The number of thiophene rings is 1. The van der Waals surface area contributed by atoms with E-state index in [-0.39, 0.29) is 11.9 Å². The summed E-state index contributed by atoms with van der Waals surface area (Å²) in [4.78, 5) is 14.7. The van der Waals surface area contributed by atoms with Gasteiger partial charge in [-0.2, -0.15) is 5.10 Å². The lowest BCUT2D eigenvalue weighted by Crippen LogP contribution is -2.41. The third kappa shape index (κ3) is 3.96. The lowest BCUT2D eigenvalue weighted by molar-refractivity contribution is 0.0942. The second-order valence-corrected chi connectivity index (χ2v) is 8.83. The molecule has 0 aliphatic carbocycles. The van der Waals surface area contributed by atoms with Gasteiger partial charge in [-0.05, 0) is 43.0 Å². The second-order valence-electron chi connectivity index (χ2n) is 6.85. The Morgan fingerprint density at radius 2 is 2.11 bits per heavy atom. The lowest BCUT2D eigenvalue weighted by atomic mass is 10.1. The minimum atomic E-state index is -0.148. The van der Waals surface area contributed by atoms with E-state index in [1.54, 1.807) is 6.20 Å². The van der Waals surface area contributed by atoms with Crippen LogP contribution in [0.3, 0.4) is 0 Å². The van der Waals surface area contributed by atoms with E-state index in [9.17, 15) is 4.79 Å². The number of fused-ring (bicyclic) bond motifs is 3. The number of nitrogens with one attached hydrogen (secondary N) is 1. The van der Waals surface area contributed by atoms with E-state index in [4.69, 9.17) is 28.9 Å². The van der Waals surface area contributed by atoms with Crippen LogP contribution in [0.1, 0.15) is 26.5 Å². The molecule has 2 aromatic heterocycles. The van der Waals surface area contributed by atoms with Crippen molar-refractivity contribution in [3.8, 4) is 11.3 Å².